The lowest BCUT2D eigenvalue weighted by Gasteiger charge is -1.99. The second-order valence-corrected chi connectivity index (χ2v) is 5.14. The van der Waals surface area contributed by atoms with Crippen molar-refractivity contribution in [1.29, 1.82) is 0 Å². The number of hydrogen-bond donors (Lipinski definition) is 1. The van der Waals surface area contributed by atoms with Crippen molar-refractivity contribution < 1.29 is 4.42 Å². The minimum Gasteiger partial charge on any atom is -0.421 e. The maximum absolute atomic E-state index is 5.66. The molecule has 2 aromatic rings. The molecule has 0 atom stereocenters. The zero-order valence-electron chi connectivity index (χ0n) is 10.3. The first-order valence-corrected chi connectivity index (χ1v) is 7.17. The zero-order valence-corrected chi connectivity index (χ0v) is 12.5. The highest BCUT2D eigenvalue weighted by molar-refractivity contribution is 14.1. The van der Waals surface area contributed by atoms with Crippen molar-refractivity contribution in [1.82, 2.24) is 15.5 Å². The third kappa shape index (κ3) is 3.52. The van der Waals surface area contributed by atoms with Gasteiger partial charge in [0.05, 0.1) is 5.56 Å². The lowest BCUT2D eigenvalue weighted by atomic mass is 10.2. The fraction of sp³-hybridized carbons (Fsp3) is 0.385. The molecule has 0 aliphatic carbocycles. The lowest BCUT2D eigenvalue weighted by Crippen LogP contribution is -2.17. The van der Waals surface area contributed by atoms with Gasteiger partial charge in [0.1, 0.15) is 0 Å². The van der Waals surface area contributed by atoms with E-state index in [1.807, 2.05) is 24.3 Å². The summed E-state index contributed by atoms with van der Waals surface area (Å²) in [6.07, 6.45) is 1.91. The van der Waals surface area contributed by atoms with Gasteiger partial charge in [-0.1, -0.05) is 19.1 Å². The first-order valence-electron chi connectivity index (χ1n) is 6.09. The summed E-state index contributed by atoms with van der Waals surface area (Å²) in [5.41, 5.74) is 0.998. The molecule has 1 heterocycles. The Morgan fingerprint density at radius 3 is 2.83 bits per heavy atom. The van der Waals surface area contributed by atoms with Crippen molar-refractivity contribution >= 4 is 22.6 Å². The molecular formula is C13H16IN3O. The summed E-state index contributed by atoms with van der Waals surface area (Å²) in [4.78, 5) is 0. The van der Waals surface area contributed by atoms with Gasteiger partial charge in [0.2, 0.25) is 11.8 Å². The Bertz CT molecular complexity index is 498. The topological polar surface area (TPSA) is 51.0 Å². The Kier molecular flexibility index (Phi) is 5.12. The molecule has 1 N–H and O–H groups in total. The van der Waals surface area contributed by atoms with E-state index in [1.165, 1.54) is 0 Å². The fourth-order valence-electron chi connectivity index (χ4n) is 1.60. The van der Waals surface area contributed by atoms with E-state index in [2.05, 4.69) is 45.0 Å². The normalized spacial score (nSPS) is 10.8. The van der Waals surface area contributed by atoms with Crippen LogP contribution in [-0.4, -0.2) is 23.3 Å². The molecule has 0 amide bonds. The van der Waals surface area contributed by atoms with Crippen LogP contribution in [0.4, 0.5) is 0 Å². The minimum atomic E-state index is 0.602. The molecule has 18 heavy (non-hydrogen) atoms. The molecule has 0 radical (unpaired) electrons. The molecule has 0 aliphatic heterocycles. The number of nitrogens with zero attached hydrogens (tertiary/aromatic N) is 2. The molecule has 4 nitrogen and oxygen atoms in total. The van der Waals surface area contributed by atoms with E-state index >= 15 is 0 Å². The van der Waals surface area contributed by atoms with Crippen LogP contribution in [0, 0.1) is 3.57 Å². The predicted molar refractivity (Wildman–Crippen MR) is 79.3 cm³/mol. The average Bonchev–Trinajstić information content (AvgIpc) is 2.84. The van der Waals surface area contributed by atoms with Gasteiger partial charge in [0, 0.05) is 16.5 Å². The first kappa shape index (κ1) is 13.5. The van der Waals surface area contributed by atoms with Crippen LogP contribution in [0.3, 0.4) is 0 Å². The Balaban J connectivity index is 2.00. The van der Waals surface area contributed by atoms with Crippen molar-refractivity contribution in [2.24, 2.45) is 0 Å². The molecule has 96 valence electrons. The van der Waals surface area contributed by atoms with Gasteiger partial charge in [0.25, 0.3) is 0 Å². The zero-order chi connectivity index (χ0) is 12.8. The number of aromatic nitrogens is 2. The van der Waals surface area contributed by atoms with E-state index in [1.54, 1.807) is 0 Å². The lowest BCUT2D eigenvalue weighted by molar-refractivity contribution is 0.494. The summed E-state index contributed by atoms with van der Waals surface area (Å²) in [6.45, 7) is 4.05. The van der Waals surface area contributed by atoms with Gasteiger partial charge < -0.3 is 9.73 Å². The summed E-state index contributed by atoms with van der Waals surface area (Å²) in [5.74, 6) is 1.29. The van der Waals surface area contributed by atoms with Gasteiger partial charge >= 0.3 is 0 Å². The van der Waals surface area contributed by atoms with Crippen LogP contribution in [0.2, 0.25) is 0 Å². The maximum atomic E-state index is 5.66. The smallest absolute Gasteiger partial charge is 0.248 e. The van der Waals surface area contributed by atoms with E-state index < -0.39 is 0 Å². The van der Waals surface area contributed by atoms with E-state index in [9.17, 15) is 0 Å². The first-order chi connectivity index (χ1) is 8.81. The molecule has 0 aliphatic rings. The Hall–Kier alpha value is -0.950. The summed E-state index contributed by atoms with van der Waals surface area (Å²) < 4.78 is 6.78. The Labute approximate surface area is 120 Å². The summed E-state index contributed by atoms with van der Waals surface area (Å²) in [6, 6.07) is 8.00. The van der Waals surface area contributed by atoms with Gasteiger partial charge in [-0.2, -0.15) is 0 Å². The number of rotatable bonds is 6. The van der Waals surface area contributed by atoms with Gasteiger partial charge in [-0.05, 0) is 47.7 Å². The van der Waals surface area contributed by atoms with Crippen LogP contribution in [-0.2, 0) is 6.42 Å². The van der Waals surface area contributed by atoms with Crippen molar-refractivity contribution in [2.75, 3.05) is 13.1 Å². The molecule has 0 saturated carbocycles. The average molecular weight is 357 g/mol. The second kappa shape index (κ2) is 6.84. The number of hydrogen-bond acceptors (Lipinski definition) is 4. The van der Waals surface area contributed by atoms with E-state index in [-0.39, 0.29) is 0 Å². The highest BCUT2D eigenvalue weighted by Gasteiger charge is 2.10. The number of halogens is 1. The van der Waals surface area contributed by atoms with Gasteiger partial charge in [0.15, 0.2) is 0 Å². The molecule has 1 aromatic carbocycles. The highest BCUT2D eigenvalue weighted by atomic mass is 127. The van der Waals surface area contributed by atoms with Crippen LogP contribution < -0.4 is 5.32 Å². The fourth-order valence-corrected chi connectivity index (χ4v) is 2.21. The molecule has 0 saturated heterocycles. The SMILES string of the molecule is CCCNCCc1nnc(-c2ccccc2I)o1. The molecule has 1 aromatic heterocycles. The summed E-state index contributed by atoms with van der Waals surface area (Å²) in [7, 11) is 0. The molecule has 5 heteroatoms. The largest absolute Gasteiger partial charge is 0.421 e. The molecular weight excluding hydrogens is 341 g/mol. The summed E-state index contributed by atoms with van der Waals surface area (Å²) >= 11 is 2.27. The third-order valence-electron chi connectivity index (χ3n) is 2.51. The van der Waals surface area contributed by atoms with Gasteiger partial charge in [-0.3, -0.25) is 0 Å². The van der Waals surface area contributed by atoms with Crippen molar-refractivity contribution in [3.05, 3.63) is 33.7 Å². The Morgan fingerprint density at radius 2 is 2.06 bits per heavy atom. The monoisotopic (exact) mass is 357 g/mol. The molecule has 2 rings (SSSR count). The van der Waals surface area contributed by atoms with E-state index in [4.69, 9.17) is 4.42 Å². The molecule has 0 unspecified atom stereocenters. The Morgan fingerprint density at radius 1 is 1.22 bits per heavy atom. The van der Waals surface area contributed by atoms with Crippen molar-refractivity contribution in [3.8, 4) is 11.5 Å². The van der Waals surface area contributed by atoms with Crippen LogP contribution in [0.1, 0.15) is 19.2 Å². The van der Waals surface area contributed by atoms with Gasteiger partial charge in [-0.25, -0.2) is 0 Å². The van der Waals surface area contributed by atoms with E-state index in [0.717, 1.165) is 35.1 Å². The molecule has 0 bridgehead atoms. The van der Waals surface area contributed by atoms with Crippen LogP contribution in [0.25, 0.3) is 11.5 Å². The standard InChI is InChI=1S/C13H16IN3O/c1-2-8-15-9-7-12-16-17-13(18-12)10-5-3-4-6-11(10)14/h3-6,15H,2,7-9H2,1H3. The van der Waals surface area contributed by atoms with Crippen LogP contribution >= 0.6 is 22.6 Å². The molecule has 0 spiro atoms. The molecule has 0 fully saturated rings. The minimum absolute atomic E-state index is 0.602. The van der Waals surface area contributed by atoms with Crippen LogP contribution in [0.15, 0.2) is 28.7 Å². The van der Waals surface area contributed by atoms with Crippen molar-refractivity contribution in [2.45, 2.75) is 19.8 Å². The van der Waals surface area contributed by atoms with E-state index in [0.29, 0.717) is 11.8 Å². The second-order valence-electron chi connectivity index (χ2n) is 3.98. The van der Waals surface area contributed by atoms with Gasteiger partial charge in [-0.15, -0.1) is 10.2 Å². The van der Waals surface area contributed by atoms with Crippen LogP contribution in [0.5, 0.6) is 0 Å². The summed E-state index contributed by atoms with van der Waals surface area (Å²) in [5, 5.41) is 11.5. The highest BCUT2D eigenvalue weighted by Crippen LogP contribution is 2.23. The van der Waals surface area contributed by atoms with Crippen molar-refractivity contribution in [3.63, 3.8) is 0 Å². The maximum Gasteiger partial charge on any atom is 0.248 e. The number of benzene rings is 1. The third-order valence-corrected chi connectivity index (χ3v) is 3.45. The quantitative estimate of drug-likeness (QED) is 0.638. The number of nitrogens with one attached hydrogen (secondary N) is 1. The predicted octanol–water partition coefficient (Wildman–Crippen LogP) is 2.88.